The van der Waals surface area contributed by atoms with Gasteiger partial charge in [-0.3, -0.25) is 9.59 Å². The first-order valence-corrected chi connectivity index (χ1v) is 10.4. The van der Waals surface area contributed by atoms with Crippen LogP contribution in [0, 0.1) is 0 Å². The van der Waals surface area contributed by atoms with E-state index in [1.165, 1.54) is 19.3 Å². The first kappa shape index (κ1) is 21.4. The maximum absolute atomic E-state index is 12.7. The first-order valence-electron chi connectivity index (χ1n) is 10.4. The zero-order chi connectivity index (χ0) is 19.6. The van der Waals surface area contributed by atoms with Crippen LogP contribution in [0.3, 0.4) is 0 Å². The Hall–Kier alpha value is -1.88. The van der Waals surface area contributed by atoms with E-state index in [1.807, 2.05) is 47.1 Å². The Morgan fingerprint density at radius 1 is 1.11 bits per heavy atom. The van der Waals surface area contributed by atoms with Gasteiger partial charge in [-0.1, -0.05) is 62.9 Å². The zero-order valence-electron chi connectivity index (χ0n) is 16.9. The normalized spacial score (nSPS) is 18.4. The number of carbonyl (C=O) groups is 2. The molecule has 5 heteroatoms. The molecule has 0 saturated carbocycles. The molecule has 2 N–H and O–H groups in total. The Morgan fingerprint density at radius 2 is 1.81 bits per heavy atom. The molecule has 1 aliphatic heterocycles. The summed E-state index contributed by atoms with van der Waals surface area (Å²) in [4.78, 5) is 28.9. The highest BCUT2D eigenvalue weighted by molar-refractivity contribution is 5.83. The number of benzene rings is 1. The third kappa shape index (κ3) is 6.65. The van der Waals surface area contributed by atoms with Crippen LogP contribution in [-0.4, -0.2) is 53.3 Å². The molecule has 0 radical (unpaired) electrons. The second-order valence-electron chi connectivity index (χ2n) is 7.68. The number of nitrogens with two attached hydrogens (primary N) is 1. The average molecular weight is 374 g/mol. The lowest BCUT2D eigenvalue weighted by Crippen LogP contribution is -2.58. The Labute approximate surface area is 163 Å². The van der Waals surface area contributed by atoms with Crippen LogP contribution < -0.4 is 5.73 Å². The fraction of sp³-hybridized carbons (Fsp3) is 0.636. The van der Waals surface area contributed by atoms with Crippen molar-refractivity contribution in [2.45, 2.75) is 70.9 Å². The lowest BCUT2D eigenvalue weighted by Gasteiger charge is -2.40. The summed E-state index contributed by atoms with van der Waals surface area (Å²) in [5.41, 5.74) is 7.23. The maximum Gasteiger partial charge on any atom is 0.239 e. The van der Waals surface area contributed by atoms with Crippen LogP contribution in [0.5, 0.6) is 0 Å². The molecule has 1 aliphatic rings. The van der Waals surface area contributed by atoms with Gasteiger partial charge in [0.05, 0.1) is 6.04 Å². The highest BCUT2D eigenvalue weighted by Crippen LogP contribution is 2.15. The Morgan fingerprint density at radius 3 is 2.48 bits per heavy atom. The molecule has 1 aromatic carbocycles. The second-order valence-corrected chi connectivity index (χ2v) is 7.68. The minimum Gasteiger partial charge on any atom is -0.338 e. The van der Waals surface area contributed by atoms with Gasteiger partial charge >= 0.3 is 0 Å². The highest BCUT2D eigenvalue weighted by Gasteiger charge is 2.31. The fourth-order valence-corrected chi connectivity index (χ4v) is 3.74. The van der Waals surface area contributed by atoms with E-state index in [2.05, 4.69) is 6.92 Å². The van der Waals surface area contributed by atoms with Crippen LogP contribution in [0.15, 0.2) is 30.3 Å². The molecule has 150 valence electrons. The predicted molar refractivity (Wildman–Crippen MR) is 109 cm³/mol. The molecule has 5 nitrogen and oxygen atoms in total. The summed E-state index contributed by atoms with van der Waals surface area (Å²) in [6.07, 6.45) is 6.93. The number of piperazine rings is 1. The van der Waals surface area contributed by atoms with Crippen LogP contribution in [0.4, 0.5) is 0 Å². The quantitative estimate of drug-likeness (QED) is 0.677. The van der Waals surface area contributed by atoms with E-state index in [9.17, 15) is 9.59 Å². The number of amides is 2. The zero-order valence-corrected chi connectivity index (χ0v) is 16.9. The van der Waals surface area contributed by atoms with Crippen LogP contribution in [0.2, 0.25) is 0 Å². The fourth-order valence-electron chi connectivity index (χ4n) is 3.74. The van der Waals surface area contributed by atoms with Crippen molar-refractivity contribution in [1.82, 2.24) is 9.80 Å². The van der Waals surface area contributed by atoms with E-state index in [-0.39, 0.29) is 17.9 Å². The average Bonchev–Trinajstić information content (AvgIpc) is 2.67. The van der Waals surface area contributed by atoms with E-state index in [1.54, 1.807) is 0 Å². The van der Waals surface area contributed by atoms with Crippen molar-refractivity contribution in [3.8, 4) is 0 Å². The second kappa shape index (κ2) is 11.1. The first-order chi connectivity index (χ1) is 13.0. The molecule has 2 atom stereocenters. The summed E-state index contributed by atoms with van der Waals surface area (Å²) < 4.78 is 0. The van der Waals surface area contributed by atoms with Crippen LogP contribution in [0.25, 0.3) is 0 Å². The number of unbranched alkanes of at least 4 members (excludes halogenated alkanes) is 4. The van der Waals surface area contributed by atoms with Gasteiger partial charge in [0.1, 0.15) is 0 Å². The number of rotatable bonds is 9. The number of carbonyl (C=O) groups excluding carboxylic acids is 2. The minimum atomic E-state index is -0.527. The lowest BCUT2D eigenvalue weighted by molar-refractivity contribution is -0.143. The van der Waals surface area contributed by atoms with Crippen LogP contribution in [0.1, 0.15) is 57.9 Å². The predicted octanol–water partition coefficient (Wildman–Crippen LogP) is 2.98. The molecule has 1 aromatic rings. The maximum atomic E-state index is 12.7. The van der Waals surface area contributed by atoms with Crippen molar-refractivity contribution >= 4 is 11.8 Å². The van der Waals surface area contributed by atoms with Crippen LogP contribution >= 0.6 is 0 Å². The summed E-state index contributed by atoms with van der Waals surface area (Å²) in [5.74, 6) is 0.206. The third-order valence-electron chi connectivity index (χ3n) is 5.37. The van der Waals surface area contributed by atoms with Gasteiger partial charge in [-0.15, -0.1) is 0 Å². The molecule has 27 heavy (non-hydrogen) atoms. The molecule has 0 aliphatic carbocycles. The Balaban J connectivity index is 1.77. The van der Waals surface area contributed by atoms with Crippen molar-refractivity contribution < 1.29 is 9.59 Å². The summed E-state index contributed by atoms with van der Waals surface area (Å²) in [7, 11) is 0. The topological polar surface area (TPSA) is 66.6 Å². The van der Waals surface area contributed by atoms with Gasteiger partial charge in [0.25, 0.3) is 0 Å². The van der Waals surface area contributed by atoms with Crippen molar-refractivity contribution in [2.24, 2.45) is 5.73 Å². The monoisotopic (exact) mass is 373 g/mol. The molecule has 0 bridgehead atoms. The molecular weight excluding hydrogens is 338 g/mol. The van der Waals surface area contributed by atoms with Gasteiger partial charge in [0, 0.05) is 32.1 Å². The molecule has 1 heterocycles. The molecular formula is C22H35N3O2. The molecule has 2 rings (SSSR count). The van der Waals surface area contributed by atoms with Crippen LogP contribution in [-0.2, 0) is 16.0 Å². The van der Waals surface area contributed by atoms with E-state index in [4.69, 9.17) is 5.73 Å². The van der Waals surface area contributed by atoms with E-state index < -0.39 is 6.04 Å². The molecule has 1 saturated heterocycles. The third-order valence-corrected chi connectivity index (χ3v) is 5.37. The van der Waals surface area contributed by atoms with Gasteiger partial charge in [0.2, 0.25) is 11.8 Å². The van der Waals surface area contributed by atoms with Crippen molar-refractivity contribution in [3.63, 3.8) is 0 Å². The summed E-state index contributed by atoms with van der Waals surface area (Å²) in [6, 6.07) is 9.39. The van der Waals surface area contributed by atoms with Gasteiger partial charge in [-0.05, 0) is 25.3 Å². The Kier molecular flexibility index (Phi) is 8.79. The van der Waals surface area contributed by atoms with Gasteiger partial charge in [0.15, 0.2) is 0 Å². The summed E-state index contributed by atoms with van der Waals surface area (Å²) in [5, 5.41) is 0. The molecule has 0 aromatic heterocycles. The van der Waals surface area contributed by atoms with Gasteiger partial charge < -0.3 is 15.5 Å². The van der Waals surface area contributed by atoms with Gasteiger partial charge in [-0.25, -0.2) is 0 Å². The highest BCUT2D eigenvalue weighted by atomic mass is 16.2. The van der Waals surface area contributed by atoms with Crippen molar-refractivity contribution in [2.75, 3.05) is 19.6 Å². The summed E-state index contributed by atoms with van der Waals surface area (Å²) >= 11 is 0. The van der Waals surface area contributed by atoms with E-state index >= 15 is 0 Å². The van der Waals surface area contributed by atoms with E-state index in [0.29, 0.717) is 32.5 Å². The molecule has 1 fully saturated rings. The minimum absolute atomic E-state index is 0.0163. The standard InChI is InChI=1S/C22H35N3O2/c1-3-4-5-6-10-13-21(26)25-15-14-24(17-18(25)2)22(27)20(23)16-19-11-8-7-9-12-19/h7-9,11-12,18,20H,3-6,10,13-17,23H2,1-2H3. The van der Waals surface area contributed by atoms with E-state index in [0.717, 1.165) is 18.4 Å². The van der Waals surface area contributed by atoms with Gasteiger partial charge in [-0.2, -0.15) is 0 Å². The number of nitrogens with zero attached hydrogens (tertiary/aromatic N) is 2. The smallest absolute Gasteiger partial charge is 0.239 e. The van der Waals surface area contributed by atoms with Crippen molar-refractivity contribution in [1.29, 1.82) is 0 Å². The summed E-state index contributed by atoms with van der Waals surface area (Å²) in [6.45, 7) is 5.98. The molecule has 2 unspecified atom stereocenters. The molecule has 0 spiro atoms. The Bertz CT molecular complexity index is 590. The molecule has 2 amide bonds. The number of hydrogen-bond donors (Lipinski definition) is 1. The number of hydrogen-bond acceptors (Lipinski definition) is 3. The van der Waals surface area contributed by atoms with Crippen molar-refractivity contribution in [3.05, 3.63) is 35.9 Å². The lowest BCUT2D eigenvalue weighted by atomic mass is 10.0. The SMILES string of the molecule is CCCCCCCC(=O)N1CCN(C(=O)C(N)Cc2ccccc2)CC1C. The largest absolute Gasteiger partial charge is 0.338 e.